The van der Waals surface area contributed by atoms with Crippen molar-refractivity contribution in [3.63, 3.8) is 0 Å². The lowest BCUT2D eigenvalue weighted by Gasteiger charge is -2.13. The Balaban J connectivity index is 0.00000274. The smallest absolute Gasteiger partial charge is 0.249 e. The van der Waals surface area contributed by atoms with Crippen molar-refractivity contribution in [2.24, 2.45) is 5.73 Å². The molecule has 0 atom stereocenters. The average molecular weight is 455 g/mol. The average Bonchev–Trinajstić information content (AvgIpc) is 3.52. The second-order valence-corrected chi connectivity index (χ2v) is 8.12. The van der Waals surface area contributed by atoms with Gasteiger partial charge in [-0.05, 0) is 48.7 Å². The third-order valence-corrected chi connectivity index (χ3v) is 5.92. The summed E-state index contributed by atoms with van der Waals surface area (Å²) in [7, 11) is 0. The van der Waals surface area contributed by atoms with Crippen LogP contribution in [0.2, 0.25) is 0 Å². The van der Waals surface area contributed by atoms with Crippen molar-refractivity contribution in [3.8, 4) is 22.5 Å². The molecular formula is C24H24N9O. The van der Waals surface area contributed by atoms with E-state index in [-0.39, 0.29) is 6.15 Å². The summed E-state index contributed by atoms with van der Waals surface area (Å²) in [5.41, 5.74) is 16.1. The highest BCUT2D eigenvalue weighted by atomic mass is 16.1. The number of para-hydroxylation sites is 1. The molecule has 10 heteroatoms. The Morgan fingerprint density at radius 2 is 1.82 bits per heavy atom. The molecule has 2 aromatic heterocycles. The van der Waals surface area contributed by atoms with Crippen molar-refractivity contribution in [3.05, 3.63) is 66.5 Å². The number of nitrogens with zero attached hydrogens (tertiary/aromatic N) is 6. The summed E-state index contributed by atoms with van der Waals surface area (Å²) in [6.45, 7) is 0. The van der Waals surface area contributed by atoms with Gasteiger partial charge in [0.05, 0.1) is 17.9 Å². The molecule has 1 amide bonds. The van der Waals surface area contributed by atoms with Gasteiger partial charge in [-0.15, -0.1) is 5.10 Å². The zero-order valence-electron chi connectivity index (χ0n) is 18.4. The maximum absolute atomic E-state index is 12.0. The van der Waals surface area contributed by atoms with Gasteiger partial charge in [-0.2, -0.15) is 0 Å². The van der Waals surface area contributed by atoms with Crippen molar-refractivity contribution in [2.75, 3.05) is 11.1 Å². The van der Waals surface area contributed by atoms with E-state index >= 15 is 0 Å². The van der Waals surface area contributed by atoms with Gasteiger partial charge in [0.1, 0.15) is 5.69 Å². The minimum absolute atomic E-state index is 0. The highest BCUT2D eigenvalue weighted by Crippen LogP contribution is 2.32. The van der Waals surface area contributed by atoms with Gasteiger partial charge in [0, 0.05) is 34.8 Å². The number of nitrogens with one attached hydrogen (secondary N) is 1. The summed E-state index contributed by atoms with van der Waals surface area (Å²) in [5, 5.41) is 11.8. The van der Waals surface area contributed by atoms with Gasteiger partial charge in [0.15, 0.2) is 0 Å². The normalized spacial score (nSPS) is 13.4. The van der Waals surface area contributed by atoms with Crippen molar-refractivity contribution < 1.29 is 4.79 Å². The number of carbonyl (C=O) groups excluding carboxylic acids is 1. The molecule has 0 aliphatic heterocycles. The molecular weight excluding hydrogens is 430 g/mol. The predicted octanol–water partition coefficient (Wildman–Crippen LogP) is 3.46. The quantitative estimate of drug-likeness (QED) is 0.375. The lowest BCUT2D eigenvalue weighted by molar-refractivity contribution is 0.100. The van der Waals surface area contributed by atoms with Gasteiger partial charge in [-0.1, -0.05) is 36.3 Å². The highest BCUT2D eigenvalue weighted by molar-refractivity contribution is 6.02. The summed E-state index contributed by atoms with van der Waals surface area (Å²) in [6, 6.07) is 14.8. The number of nitrogens with two attached hydrogens (primary N) is 2. The molecule has 0 unspecified atom stereocenters. The van der Waals surface area contributed by atoms with Crippen LogP contribution < -0.4 is 22.9 Å². The van der Waals surface area contributed by atoms with Crippen LogP contribution in [-0.2, 0) is 0 Å². The molecule has 3 radical (unpaired) electrons. The summed E-state index contributed by atoms with van der Waals surface area (Å²) < 4.78 is 1.94. The summed E-state index contributed by atoms with van der Waals surface area (Å²) in [4.78, 5) is 20.9. The van der Waals surface area contributed by atoms with Crippen LogP contribution in [0.1, 0.15) is 42.1 Å². The lowest BCUT2D eigenvalue weighted by Crippen LogP contribution is -2.13. The minimum atomic E-state index is -0.525. The Morgan fingerprint density at radius 3 is 2.59 bits per heavy atom. The number of amides is 1. The van der Waals surface area contributed by atoms with Crippen LogP contribution in [0, 0.1) is 0 Å². The van der Waals surface area contributed by atoms with Crippen molar-refractivity contribution in [2.45, 2.75) is 31.7 Å². The molecule has 1 aliphatic carbocycles. The van der Waals surface area contributed by atoms with Crippen molar-refractivity contribution >= 4 is 23.2 Å². The fraction of sp³-hybridized carbons (Fsp3) is 0.208. The zero-order valence-corrected chi connectivity index (χ0v) is 18.4. The monoisotopic (exact) mass is 454 g/mol. The van der Waals surface area contributed by atoms with Crippen molar-refractivity contribution in [1.29, 1.82) is 0 Å². The van der Waals surface area contributed by atoms with Crippen LogP contribution in [0.15, 0.2) is 60.9 Å². The maximum Gasteiger partial charge on any atom is 0.249 e. The summed E-state index contributed by atoms with van der Waals surface area (Å²) >= 11 is 0. The second-order valence-electron chi connectivity index (χ2n) is 8.12. The molecule has 0 saturated heterocycles. The van der Waals surface area contributed by atoms with Crippen molar-refractivity contribution in [1.82, 2.24) is 31.1 Å². The number of anilines is 3. The van der Waals surface area contributed by atoms with Gasteiger partial charge in [-0.25, -0.2) is 14.6 Å². The van der Waals surface area contributed by atoms with Crippen LogP contribution in [0.5, 0.6) is 0 Å². The van der Waals surface area contributed by atoms with Gasteiger partial charge >= 0.3 is 0 Å². The molecule has 2 heterocycles. The van der Waals surface area contributed by atoms with Crippen LogP contribution in [0.4, 0.5) is 17.3 Å². The number of hydrogen-bond donors (Lipinski definition) is 3. The summed E-state index contributed by atoms with van der Waals surface area (Å²) in [6.07, 6.45) is 8.34. The van der Waals surface area contributed by atoms with E-state index in [1.165, 1.54) is 12.8 Å². The Hall–Kier alpha value is -4.31. The third-order valence-electron chi connectivity index (χ3n) is 5.92. The first-order valence-electron chi connectivity index (χ1n) is 10.9. The van der Waals surface area contributed by atoms with E-state index in [1.54, 1.807) is 30.5 Å². The largest absolute Gasteiger partial charge is 0.398 e. The number of benzene rings is 2. The molecule has 0 bridgehead atoms. The van der Waals surface area contributed by atoms with Gasteiger partial charge in [-0.3, -0.25) is 4.79 Å². The number of nitrogen functional groups attached to an aromatic ring is 1. The van der Waals surface area contributed by atoms with E-state index < -0.39 is 5.91 Å². The Kier molecular flexibility index (Phi) is 6.51. The molecule has 171 valence electrons. The van der Waals surface area contributed by atoms with E-state index in [1.807, 2.05) is 35.1 Å². The molecule has 5 rings (SSSR count). The molecule has 2 aromatic carbocycles. The Bertz CT molecular complexity index is 1310. The topological polar surface area (TPSA) is 168 Å². The number of rotatable bonds is 6. The molecule has 1 aliphatic rings. The van der Waals surface area contributed by atoms with E-state index in [4.69, 9.17) is 11.5 Å². The standard InChI is InChI=1S/C24H24N8O.N/c25-20-8-4-3-7-17(20)19-13-15(9-10-18(19)23(26)33)28-24-27-12-11-21(29-24)22-14-32(31-30-22)16-5-1-2-6-16;/h3-4,7-14,16H,1-2,5-6,25H2,(H2,26,33)(H,27,28,29);. The molecule has 4 aromatic rings. The lowest BCUT2D eigenvalue weighted by atomic mass is 9.97. The van der Waals surface area contributed by atoms with E-state index in [2.05, 4.69) is 25.6 Å². The SMILES string of the molecule is NC(=O)c1ccc(Nc2nccc(-c3cn(C4CCCC4)nn3)n2)cc1-c1ccccc1N.[N]. The van der Waals surface area contributed by atoms with Crippen LogP contribution in [0.25, 0.3) is 22.5 Å². The van der Waals surface area contributed by atoms with E-state index in [0.29, 0.717) is 45.9 Å². The van der Waals surface area contributed by atoms with Gasteiger partial charge in [0.2, 0.25) is 11.9 Å². The third kappa shape index (κ3) is 4.57. The predicted molar refractivity (Wildman–Crippen MR) is 129 cm³/mol. The fourth-order valence-corrected chi connectivity index (χ4v) is 4.23. The zero-order chi connectivity index (χ0) is 22.8. The number of aromatic nitrogens is 5. The van der Waals surface area contributed by atoms with Crippen LogP contribution in [-0.4, -0.2) is 30.9 Å². The van der Waals surface area contributed by atoms with E-state index in [0.717, 1.165) is 18.4 Å². The van der Waals surface area contributed by atoms with Gasteiger partial charge < -0.3 is 16.8 Å². The number of primary amides is 1. The van der Waals surface area contributed by atoms with Gasteiger partial charge in [0.25, 0.3) is 0 Å². The summed E-state index contributed by atoms with van der Waals surface area (Å²) in [5.74, 6) is -0.120. The first-order chi connectivity index (χ1) is 16.1. The molecule has 34 heavy (non-hydrogen) atoms. The maximum atomic E-state index is 12.0. The first-order valence-corrected chi connectivity index (χ1v) is 10.9. The van der Waals surface area contributed by atoms with Crippen LogP contribution >= 0.6 is 0 Å². The highest BCUT2D eigenvalue weighted by Gasteiger charge is 2.19. The molecule has 1 saturated carbocycles. The second kappa shape index (κ2) is 9.67. The first kappa shape index (κ1) is 22.9. The Labute approximate surface area is 197 Å². The molecule has 1 fully saturated rings. The molecule has 0 spiro atoms. The number of carbonyl (C=O) groups is 1. The van der Waals surface area contributed by atoms with Crippen LogP contribution in [0.3, 0.4) is 0 Å². The fourth-order valence-electron chi connectivity index (χ4n) is 4.23. The van der Waals surface area contributed by atoms with E-state index in [9.17, 15) is 4.79 Å². The molecule has 5 N–H and O–H groups in total. The number of hydrogen-bond acceptors (Lipinski definition) is 7. The Morgan fingerprint density at radius 1 is 1.03 bits per heavy atom. The molecule has 10 nitrogen and oxygen atoms in total. The minimum Gasteiger partial charge on any atom is -0.398 e.